The van der Waals surface area contributed by atoms with Crippen molar-refractivity contribution in [2.24, 2.45) is 0 Å². The van der Waals surface area contributed by atoms with Crippen LogP contribution in [-0.2, 0) is 9.53 Å². The van der Waals surface area contributed by atoms with Crippen molar-refractivity contribution in [1.82, 2.24) is 0 Å². The Morgan fingerprint density at radius 1 is 1.50 bits per heavy atom. The Balaban J connectivity index is 2.11. The smallest absolute Gasteiger partial charge is 0.132 e. The lowest BCUT2D eigenvalue weighted by Gasteiger charge is -2.09. The second-order valence-corrected chi connectivity index (χ2v) is 3.58. The summed E-state index contributed by atoms with van der Waals surface area (Å²) >= 11 is 0. The fraction of sp³-hybridized carbons (Fsp3) is 0.900. The molecule has 1 aliphatic heterocycles. The predicted molar refractivity (Wildman–Crippen MR) is 48.1 cm³/mol. The number of hydrogen-bond acceptors (Lipinski definition) is 2. The minimum atomic E-state index is 0.357. The normalized spacial score (nSPS) is 29.2. The molecule has 70 valence electrons. The first-order valence-corrected chi connectivity index (χ1v) is 4.89. The van der Waals surface area contributed by atoms with Crippen molar-refractivity contribution in [2.45, 2.75) is 58.2 Å². The van der Waals surface area contributed by atoms with Gasteiger partial charge in [0.1, 0.15) is 5.78 Å². The summed E-state index contributed by atoms with van der Waals surface area (Å²) in [6, 6.07) is 0. The van der Waals surface area contributed by atoms with E-state index in [1.807, 2.05) is 6.92 Å². The Bertz CT molecular complexity index is 154. The monoisotopic (exact) mass is 170 g/mol. The quantitative estimate of drug-likeness (QED) is 0.647. The van der Waals surface area contributed by atoms with Gasteiger partial charge in [-0.05, 0) is 26.2 Å². The van der Waals surface area contributed by atoms with Gasteiger partial charge in [-0.15, -0.1) is 0 Å². The number of Topliss-reactive ketones (excluding diaryl/α,β-unsaturated/α-hetero) is 1. The van der Waals surface area contributed by atoms with Crippen LogP contribution in [0.4, 0.5) is 0 Å². The standard InChI is InChI=1S/C10H18O2/c1-3-9(11)5-7-10-6-4-8(2)12-10/h8,10H,3-7H2,1-2H3. The number of carbonyl (C=O) groups excluding carboxylic acids is 1. The molecule has 12 heavy (non-hydrogen) atoms. The molecule has 1 heterocycles. The van der Waals surface area contributed by atoms with Crippen LogP contribution in [-0.4, -0.2) is 18.0 Å². The zero-order valence-electron chi connectivity index (χ0n) is 8.01. The average Bonchev–Trinajstić information content (AvgIpc) is 2.47. The topological polar surface area (TPSA) is 26.3 Å². The maximum atomic E-state index is 11.0. The van der Waals surface area contributed by atoms with Gasteiger partial charge >= 0.3 is 0 Å². The van der Waals surface area contributed by atoms with E-state index < -0.39 is 0 Å². The molecule has 1 aliphatic rings. The lowest BCUT2D eigenvalue weighted by Crippen LogP contribution is -2.10. The maximum absolute atomic E-state index is 11.0. The van der Waals surface area contributed by atoms with E-state index in [-0.39, 0.29) is 0 Å². The van der Waals surface area contributed by atoms with Crippen LogP contribution in [0.3, 0.4) is 0 Å². The molecule has 0 aromatic rings. The first-order chi connectivity index (χ1) is 5.72. The van der Waals surface area contributed by atoms with Crippen LogP contribution in [0.2, 0.25) is 0 Å². The van der Waals surface area contributed by atoms with Gasteiger partial charge in [-0.1, -0.05) is 6.92 Å². The SMILES string of the molecule is CCC(=O)CCC1CCC(C)O1. The highest BCUT2D eigenvalue weighted by Gasteiger charge is 2.21. The van der Waals surface area contributed by atoms with Gasteiger partial charge in [0, 0.05) is 12.8 Å². The molecule has 0 aromatic carbocycles. The molecule has 1 saturated heterocycles. The van der Waals surface area contributed by atoms with Crippen LogP contribution in [0.25, 0.3) is 0 Å². The van der Waals surface area contributed by atoms with Crippen molar-refractivity contribution in [3.63, 3.8) is 0 Å². The molecular formula is C10H18O2. The first-order valence-electron chi connectivity index (χ1n) is 4.89. The van der Waals surface area contributed by atoms with Gasteiger partial charge < -0.3 is 4.74 Å². The lowest BCUT2D eigenvalue weighted by molar-refractivity contribution is -0.119. The van der Waals surface area contributed by atoms with Crippen LogP contribution in [0.5, 0.6) is 0 Å². The summed E-state index contributed by atoms with van der Waals surface area (Å²) in [6.45, 7) is 4.02. The fourth-order valence-corrected chi connectivity index (χ4v) is 1.60. The minimum Gasteiger partial charge on any atom is -0.375 e. The van der Waals surface area contributed by atoms with Crippen LogP contribution >= 0.6 is 0 Å². The van der Waals surface area contributed by atoms with E-state index in [0.29, 0.717) is 30.8 Å². The summed E-state index contributed by atoms with van der Waals surface area (Å²) in [6.07, 6.45) is 5.36. The third-order valence-electron chi connectivity index (χ3n) is 2.46. The van der Waals surface area contributed by atoms with Crippen molar-refractivity contribution >= 4 is 5.78 Å². The van der Waals surface area contributed by atoms with Gasteiger partial charge in [-0.2, -0.15) is 0 Å². The molecule has 2 heteroatoms. The largest absolute Gasteiger partial charge is 0.375 e. The predicted octanol–water partition coefficient (Wildman–Crippen LogP) is 2.31. The number of ether oxygens (including phenoxy) is 1. The molecule has 0 saturated carbocycles. The number of carbonyl (C=O) groups is 1. The van der Waals surface area contributed by atoms with E-state index in [9.17, 15) is 4.79 Å². The van der Waals surface area contributed by atoms with Crippen LogP contribution in [0.1, 0.15) is 46.0 Å². The molecule has 2 unspecified atom stereocenters. The minimum absolute atomic E-state index is 0.357. The molecule has 1 fully saturated rings. The Labute approximate surface area is 74.3 Å². The molecule has 2 atom stereocenters. The van der Waals surface area contributed by atoms with Gasteiger partial charge in [-0.25, -0.2) is 0 Å². The number of hydrogen-bond donors (Lipinski definition) is 0. The molecule has 0 amide bonds. The van der Waals surface area contributed by atoms with Crippen LogP contribution in [0.15, 0.2) is 0 Å². The molecule has 0 radical (unpaired) electrons. The van der Waals surface area contributed by atoms with E-state index >= 15 is 0 Å². The van der Waals surface area contributed by atoms with E-state index in [0.717, 1.165) is 19.3 Å². The van der Waals surface area contributed by atoms with Gasteiger partial charge in [0.05, 0.1) is 12.2 Å². The highest BCUT2D eigenvalue weighted by atomic mass is 16.5. The summed E-state index contributed by atoms with van der Waals surface area (Å²) in [4.78, 5) is 11.0. The Morgan fingerprint density at radius 2 is 2.25 bits per heavy atom. The fourth-order valence-electron chi connectivity index (χ4n) is 1.60. The molecule has 0 aromatic heterocycles. The van der Waals surface area contributed by atoms with Crippen LogP contribution < -0.4 is 0 Å². The Kier molecular flexibility index (Phi) is 3.73. The lowest BCUT2D eigenvalue weighted by atomic mass is 10.1. The van der Waals surface area contributed by atoms with Gasteiger partial charge in [-0.3, -0.25) is 4.79 Å². The molecule has 0 bridgehead atoms. The zero-order chi connectivity index (χ0) is 8.97. The summed E-state index contributed by atoms with van der Waals surface area (Å²) in [5.41, 5.74) is 0. The van der Waals surface area contributed by atoms with E-state index in [1.165, 1.54) is 0 Å². The second-order valence-electron chi connectivity index (χ2n) is 3.58. The first kappa shape index (κ1) is 9.72. The average molecular weight is 170 g/mol. The third kappa shape index (κ3) is 2.94. The van der Waals surface area contributed by atoms with E-state index in [1.54, 1.807) is 0 Å². The molecular weight excluding hydrogens is 152 g/mol. The van der Waals surface area contributed by atoms with Gasteiger partial charge in [0.2, 0.25) is 0 Å². The molecule has 0 aliphatic carbocycles. The summed E-state index contributed by atoms with van der Waals surface area (Å²) < 4.78 is 5.60. The van der Waals surface area contributed by atoms with Crippen molar-refractivity contribution < 1.29 is 9.53 Å². The second kappa shape index (κ2) is 4.61. The van der Waals surface area contributed by atoms with Gasteiger partial charge in [0.25, 0.3) is 0 Å². The number of rotatable bonds is 4. The third-order valence-corrected chi connectivity index (χ3v) is 2.46. The van der Waals surface area contributed by atoms with E-state index in [2.05, 4.69) is 6.92 Å². The van der Waals surface area contributed by atoms with Crippen LogP contribution in [0, 0.1) is 0 Å². The molecule has 0 spiro atoms. The van der Waals surface area contributed by atoms with E-state index in [4.69, 9.17) is 4.74 Å². The highest BCUT2D eigenvalue weighted by Crippen LogP contribution is 2.22. The summed E-state index contributed by atoms with van der Waals surface area (Å²) in [5.74, 6) is 0.359. The highest BCUT2D eigenvalue weighted by molar-refractivity contribution is 5.77. The summed E-state index contributed by atoms with van der Waals surface area (Å²) in [7, 11) is 0. The zero-order valence-corrected chi connectivity index (χ0v) is 8.01. The summed E-state index contributed by atoms with van der Waals surface area (Å²) in [5, 5.41) is 0. The van der Waals surface area contributed by atoms with Crippen molar-refractivity contribution in [1.29, 1.82) is 0 Å². The van der Waals surface area contributed by atoms with Crippen molar-refractivity contribution in [3.05, 3.63) is 0 Å². The number of ketones is 1. The molecule has 1 rings (SSSR count). The van der Waals surface area contributed by atoms with Gasteiger partial charge in [0.15, 0.2) is 0 Å². The Hall–Kier alpha value is -0.370. The molecule has 0 N–H and O–H groups in total. The van der Waals surface area contributed by atoms with Crippen molar-refractivity contribution in [2.75, 3.05) is 0 Å². The van der Waals surface area contributed by atoms with Crippen molar-refractivity contribution in [3.8, 4) is 0 Å². The molecule has 2 nitrogen and oxygen atoms in total. The Morgan fingerprint density at radius 3 is 2.75 bits per heavy atom. The maximum Gasteiger partial charge on any atom is 0.132 e.